The Hall–Kier alpha value is -3.39. The van der Waals surface area contributed by atoms with Gasteiger partial charge in [-0.05, 0) is 110 Å². The van der Waals surface area contributed by atoms with E-state index in [0.29, 0.717) is 28.5 Å². The van der Waals surface area contributed by atoms with Gasteiger partial charge in [-0.1, -0.05) is 51.9 Å². The van der Waals surface area contributed by atoms with E-state index in [1.165, 1.54) is 0 Å². The molecule has 0 unspecified atom stereocenters. The quantitative estimate of drug-likeness (QED) is 0.154. The number of rotatable bonds is 10. The van der Waals surface area contributed by atoms with Crippen LogP contribution in [0.1, 0.15) is 77.5 Å². The van der Waals surface area contributed by atoms with E-state index in [1.54, 1.807) is 0 Å². The van der Waals surface area contributed by atoms with Gasteiger partial charge in [0, 0.05) is 16.1 Å². The molecule has 6 rings (SSSR count). The number of benzene rings is 3. The lowest BCUT2D eigenvalue weighted by Gasteiger charge is -2.38. The SMILES string of the molecule is O=C(c1cc(C2CC2)c(OCC2CCN(C(c3ccc(Cl)cc3)c3ccc(Cl)cc3)CC2)cc1F)N(OC(=O)C(F)(F)F)S(=O)(=O)C1CC1. The molecule has 2 saturated carbocycles. The lowest BCUT2D eigenvalue weighted by Crippen LogP contribution is -2.44. The average molecular weight is 744 g/mol. The zero-order valence-corrected chi connectivity index (χ0v) is 28.3. The summed E-state index contributed by atoms with van der Waals surface area (Å²) >= 11 is 12.3. The van der Waals surface area contributed by atoms with Crippen LogP contribution >= 0.6 is 23.2 Å². The van der Waals surface area contributed by atoms with Crippen LogP contribution in [0.15, 0.2) is 60.7 Å². The molecular formula is C34H32Cl2F4N2O6S. The van der Waals surface area contributed by atoms with Gasteiger partial charge in [-0.25, -0.2) is 17.6 Å². The molecule has 3 aromatic rings. The van der Waals surface area contributed by atoms with E-state index in [2.05, 4.69) is 9.74 Å². The first-order valence-corrected chi connectivity index (χ1v) is 18.1. The molecule has 0 radical (unpaired) electrons. The Labute approximate surface area is 290 Å². The summed E-state index contributed by atoms with van der Waals surface area (Å²) in [7, 11) is -4.82. The van der Waals surface area contributed by atoms with Crippen molar-refractivity contribution in [2.75, 3.05) is 19.7 Å². The molecular weight excluding hydrogens is 711 g/mol. The predicted octanol–water partition coefficient (Wildman–Crippen LogP) is 7.85. The second-order valence-electron chi connectivity index (χ2n) is 12.6. The molecule has 49 heavy (non-hydrogen) atoms. The Bertz CT molecular complexity index is 1760. The highest BCUT2D eigenvalue weighted by molar-refractivity contribution is 7.90. The number of alkyl halides is 3. The summed E-state index contributed by atoms with van der Waals surface area (Å²) in [5, 5.41) is 0.0591. The lowest BCUT2D eigenvalue weighted by atomic mass is 9.91. The van der Waals surface area contributed by atoms with Crippen LogP contribution in [0.5, 0.6) is 5.75 Å². The third-order valence-electron chi connectivity index (χ3n) is 8.95. The Balaban J connectivity index is 1.16. The summed E-state index contributed by atoms with van der Waals surface area (Å²) in [6.07, 6.45) is -2.55. The first-order chi connectivity index (χ1) is 23.2. The highest BCUT2D eigenvalue weighted by Crippen LogP contribution is 2.46. The molecule has 0 atom stereocenters. The standard InChI is InChI=1S/C34H32Cl2F4N2O6S/c35-24-7-3-22(4-8-24)31(23-5-9-25(36)10-6-23)41-15-13-20(14-16-41)19-47-30-18-29(37)28(17-27(30)21-1-2-21)32(43)42(48-33(44)34(38,39)40)49(45,46)26-11-12-26/h3-10,17-18,20-21,26,31H,1-2,11-16,19H2. The van der Waals surface area contributed by atoms with Crippen LogP contribution in [-0.2, 0) is 19.7 Å². The summed E-state index contributed by atoms with van der Waals surface area (Å²) in [4.78, 5) is 31.2. The number of sulfonamides is 1. The molecule has 3 fully saturated rings. The van der Waals surface area contributed by atoms with Crippen molar-refractivity contribution in [1.29, 1.82) is 0 Å². The molecule has 262 valence electrons. The van der Waals surface area contributed by atoms with E-state index >= 15 is 4.39 Å². The normalized spacial score (nSPS) is 17.6. The second kappa shape index (κ2) is 14.1. The van der Waals surface area contributed by atoms with Crippen molar-refractivity contribution < 1.29 is 45.1 Å². The minimum Gasteiger partial charge on any atom is -0.493 e. The van der Waals surface area contributed by atoms with Crippen molar-refractivity contribution in [3.8, 4) is 5.75 Å². The molecule has 1 heterocycles. The maximum Gasteiger partial charge on any atom is 0.493 e. The summed E-state index contributed by atoms with van der Waals surface area (Å²) in [6, 6.07) is 17.4. The largest absolute Gasteiger partial charge is 0.493 e. The average Bonchev–Trinajstić information content (AvgIpc) is 3.98. The monoisotopic (exact) mass is 742 g/mol. The summed E-state index contributed by atoms with van der Waals surface area (Å²) in [5.74, 6) is -5.68. The Morgan fingerprint density at radius 3 is 1.92 bits per heavy atom. The van der Waals surface area contributed by atoms with Gasteiger partial charge < -0.3 is 9.57 Å². The van der Waals surface area contributed by atoms with Crippen molar-refractivity contribution in [2.24, 2.45) is 5.92 Å². The van der Waals surface area contributed by atoms with E-state index in [0.717, 1.165) is 49.2 Å². The van der Waals surface area contributed by atoms with Gasteiger partial charge in [0.2, 0.25) is 0 Å². The number of hydrogen-bond acceptors (Lipinski definition) is 7. The zero-order valence-electron chi connectivity index (χ0n) is 26.0. The highest BCUT2D eigenvalue weighted by atomic mass is 35.5. The summed E-state index contributed by atoms with van der Waals surface area (Å²) in [5.41, 5.74) is 1.76. The minimum absolute atomic E-state index is 0.0317. The number of ether oxygens (including phenoxy) is 1. The van der Waals surface area contributed by atoms with Crippen LogP contribution in [0.4, 0.5) is 17.6 Å². The molecule has 1 saturated heterocycles. The Morgan fingerprint density at radius 1 is 0.878 bits per heavy atom. The molecule has 3 aliphatic rings. The topological polar surface area (TPSA) is 93.2 Å². The van der Waals surface area contributed by atoms with E-state index in [4.69, 9.17) is 27.9 Å². The minimum atomic E-state index is -5.59. The lowest BCUT2D eigenvalue weighted by molar-refractivity contribution is -0.217. The fourth-order valence-corrected chi connectivity index (χ4v) is 7.75. The number of amides is 1. The second-order valence-corrected chi connectivity index (χ2v) is 15.5. The number of piperidine rings is 1. The Kier molecular flexibility index (Phi) is 10.2. The van der Waals surface area contributed by atoms with Crippen molar-refractivity contribution in [2.45, 2.75) is 61.9 Å². The van der Waals surface area contributed by atoms with Crippen molar-refractivity contribution in [3.05, 3.63) is 98.8 Å². The predicted molar refractivity (Wildman–Crippen MR) is 173 cm³/mol. The van der Waals surface area contributed by atoms with Crippen LogP contribution < -0.4 is 4.74 Å². The number of carbonyl (C=O) groups excluding carboxylic acids is 2. The summed E-state index contributed by atoms with van der Waals surface area (Å²) in [6.45, 7) is 1.73. The van der Waals surface area contributed by atoms with Gasteiger partial charge >= 0.3 is 18.1 Å². The van der Waals surface area contributed by atoms with Gasteiger partial charge in [0.05, 0.1) is 23.5 Å². The highest BCUT2D eigenvalue weighted by Gasteiger charge is 2.50. The number of nitrogens with zero attached hydrogens (tertiary/aromatic N) is 2. The van der Waals surface area contributed by atoms with Crippen LogP contribution in [0, 0.1) is 11.7 Å². The maximum atomic E-state index is 15.5. The smallest absolute Gasteiger partial charge is 0.493 e. The van der Waals surface area contributed by atoms with E-state index in [1.807, 2.05) is 48.5 Å². The van der Waals surface area contributed by atoms with Crippen LogP contribution in [0.2, 0.25) is 10.0 Å². The Morgan fingerprint density at radius 2 is 1.43 bits per heavy atom. The molecule has 0 bridgehead atoms. The first-order valence-electron chi connectivity index (χ1n) is 15.8. The zero-order chi connectivity index (χ0) is 35.1. The first kappa shape index (κ1) is 35.4. The summed E-state index contributed by atoms with van der Waals surface area (Å²) < 4.78 is 85.5. The molecule has 15 heteroatoms. The van der Waals surface area contributed by atoms with Gasteiger partial charge in [-0.15, -0.1) is 0 Å². The molecule has 1 amide bonds. The molecule has 0 aromatic heterocycles. The van der Waals surface area contributed by atoms with Gasteiger partial charge in [0.25, 0.3) is 10.0 Å². The number of hydrogen-bond donors (Lipinski definition) is 0. The third kappa shape index (κ3) is 8.16. The molecule has 0 N–H and O–H groups in total. The number of halogens is 6. The molecule has 1 aliphatic heterocycles. The van der Waals surface area contributed by atoms with Crippen LogP contribution in [-0.4, -0.2) is 60.8 Å². The van der Waals surface area contributed by atoms with E-state index < -0.39 is 49.2 Å². The van der Waals surface area contributed by atoms with Crippen molar-refractivity contribution in [3.63, 3.8) is 0 Å². The molecule has 0 spiro atoms. The maximum absolute atomic E-state index is 15.5. The fraction of sp³-hybridized carbons (Fsp3) is 0.412. The fourth-order valence-electron chi connectivity index (χ4n) is 6.00. The number of carbonyl (C=O) groups is 2. The van der Waals surface area contributed by atoms with Crippen molar-refractivity contribution in [1.82, 2.24) is 9.37 Å². The van der Waals surface area contributed by atoms with Crippen LogP contribution in [0.3, 0.4) is 0 Å². The molecule has 3 aromatic carbocycles. The number of likely N-dealkylation sites (tertiary alicyclic amines) is 1. The van der Waals surface area contributed by atoms with E-state index in [-0.39, 0.29) is 43.1 Å². The van der Waals surface area contributed by atoms with Gasteiger partial charge in [0.1, 0.15) is 11.6 Å². The van der Waals surface area contributed by atoms with Crippen molar-refractivity contribution >= 4 is 45.1 Å². The van der Waals surface area contributed by atoms with Gasteiger partial charge in [-0.2, -0.15) is 13.2 Å². The molecule has 2 aliphatic carbocycles. The third-order valence-corrected chi connectivity index (χ3v) is 11.5. The number of hydroxylamine groups is 1. The van der Waals surface area contributed by atoms with Gasteiger partial charge in [0.15, 0.2) is 0 Å². The molecule has 8 nitrogen and oxygen atoms in total. The van der Waals surface area contributed by atoms with Gasteiger partial charge in [-0.3, -0.25) is 9.69 Å². The van der Waals surface area contributed by atoms with E-state index in [9.17, 15) is 31.2 Å². The van der Waals surface area contributed by atoms with Crippen LogP contribution in [0.25, 0.3) is 0 Å².